The third kappa shape index (κ3) is 3.30. The van der Waals surface area contributed by atoms with Gasteiger partial charge in [-0.3, -0.25) is 0 Å². The highest BCUT2D eigenvalue weighted by molar-refractivity contribution is 7.12. The highest BCUT2D eigenvalue weighted by atomic mass is 32.1. The summed E-state index contributed by atoms with van der Waals surface area (Å²) in [6.45, 7) is 6.72. The molecule has 2 unspecified atom stereocenters. The number of aryl methyl sites for hydroxylation is 1. The van der Waals surface area contributed by atoms with Crippen molar-refractivity contribution in [3.05, 3.63) is 21.9 Å². The third-order valence-electron chi connectivity index (χ3n) is 3.27. The SMILES string of the molecule is Cc1ccc(C(C)NCC2CCCCN2)s1. The first-order chi connectivity index (χ1) is 7.75. The first-order valence-corrected chi connectivity index (χ1v) is 7.10. The van der Waals surface area contributed by atoms with Gasteiger partial charge in [-0.15, -0.1) is 11.3 Å². The molecular formula is C13H22N2S. The van der Waals surface area contributed by atoms with Crippen molar-refractivity contribution >= 4 is 11.3 Å². The van der Waals surface area contributed by atoms with Gasteiger partial charge in [0.25, 0.3) is 0 Å². The minimum atomic E-state index is 0.488. The van der Waals surface area contributed by atoms with Gasteiger partial charge in [0, 0.05) is 28.4 Å². The summed E-state index contributed by atoms with van der Waals surface area (Å²) in [6, 6.07) is 5.61. The van der Waals surface area contributed by atoms with Crippen LogP contribution < -0.4 is 10.6 Å². The Morgan fingerprint density at radius 1 is 1.50 bits per heavy atom. The second-order valence-corrected chi connectivity index (χ2v) is 6.04. The van der Waals surface area contributed by atoms with Crippen molar-refractivity contribution < 1.29 is 0 Å². The number of hydrogen-bond acceptors (Lipinski definition) is 3. The van der Waals surface area contributed by atoms with Crippen LogP contribution in [0, 0.1) is 6.92 Å². The highest BCUT2D eigenvalue weighted by Crippen LogP contribution is 2.22. The smallest absolute Gasteiger partial charge is 0.0386 e. The Labute approximate surface area is 102 Å². The molecule has 2 heterocycles. The maximum atomic E-state index is 3.63. The van der Waals surface area contributed by atoms with Crippen molar-refractivity contribution in [2.24, 2.45) is 0 Å². The summed E-state index contributed by atoms with van der Waals surface area (Å²) < 4.78 is 0. The van der Waals surface area contributed by atoms with Gasteiger partial charge in [-0.2, -0.15) is 0 Å². The summed E-state index contributed by atoms with van der Waals surface area (Å²) in [5.74, 6) is 0. The van der Waals surface area contributed by atoms with E-state index in [2.05, 4.69) is 36.6 Å². The number of thiophene rings is 1. The number of piperidine rings is 1. The van der Waals surface area contributed by atoms with E-state index in [0.717, 1.165) is 6.54 Å². The van der Waals surface area contributed by atoms with E-state index in [1.165, 1.54) is 35.6 Å². The average Bonchev–Trinajstić information content (AvgIpc) is 2.74. The molecule has 0 spiro atoms. The Kier molecular flexibility index (Phi) is 4.38. The van der Waals surface area contributed by atoms with Crippen LogP contribution >= 0.6 is 11.3 Å². The highest BCUT2D eigenvalue weighted by Gasteiger charge is 2.14. The van der Waals surface area contributed by atoms with Crippen LogP contribution in [0.2, 0.25) is 0 Å². The van der Waals surface area contributed by atoms with Gasteiger partial charge >= 0.3 is 0 Å². The van der Waals surface area contributed by atoms with Crippen molar-refractivity contribution in [2.75, 3.05) is 13.1 Å². The predicted molar refractivity (Wildman–Crippen MR) is 71.1 cm³/mol. The maximum absolute atomic E-state index is 3.63. The topological polar surface area (TPSA) is 24.1 Å². The Hall–Kier alpha value is -0.380. The summed E-state index contributed by atoms with van der Waals surface area (Å²) >= 11 is 1.90. The Morgan fingerprint density at radius 3 is 3.00 bits per heavy atom. The second kappa shape index (κ2) is 5.80. The second-order valence-electron chi connectivity index (χ2n) is 4.73. The number of nitrogens with one attached hydrogen (secondary N) is 2. The van der Waals surface area contributed by atoms with Crippen molar-refractivity contribution in [3.8, 4) is 0 Å². The normalized spacial score (nSPS) is 23.2. The summed E-state index contributed by atoms with van der Waals surface area (Å²) in [4.78, 5) is 2.85. The molecule has 1 fully saturated rings. The van der Waals surface area contributed by atoms with Gasteiger partial charge in [0.2, 0.25) is 0 Å². The fraction of sp³-hybridized carbons (Fsp3) is 0.692. The summed E-state index contributed by atoms with van der Waals surface area (Å²) in [7, 11) is 0. The lowest BCUT2D eigenvalue weighted by Gasteiger charge is -2.25. The van der Waals surface area contributed by atoms with Crippen LogP contribution in [0.5, 0.6) is 0 Å². The largest absolute Gasteiger partial charge is 0.313 e. The molecule has 0 bridgehead atoms. The molecule has 2 N–H and O–H groups in total. The first kappa shape index (κ1) is 12.1. The fourth-order valence-corrected chi connectivity index (χ4v) is 3.11. The molecule has 2 nitrogen and oxygen atoms in total. The van der Waals surface area contributed by atoms with Gasteiger partial charge in [-0.05, 0) is 45.4 Å². The van der Waals surface area contributed by atoms with Crippen molar-refractivity contribution in [2.45, 2.75) is 45.2 Å². The maximum Gasteiger partial charge on any atom is 0.0386 e. The van der Waals surface area contributed by atoms with Crippen LogP contribution in [-0.4, -0.2) is 19.1 Å². The molecular weight excluding hydrogens is 216 g/mol. The number of hydrogen-bond donors (Lipinski definition) is 2. The molecule has 1 saturated heterocycles. The van der Waals surface area contributed by atoms with E-state index in [9.17, 15) is 0 Å². The van der Waals surface area contributed by atoms with Gasteiger partial charge in [0.05, 0.1) is 0 Å². The standard InChI is InChI=1S/C13H22N2S/c1-10-6-7-13(16-10)11(2)15-9-12-5-3-4-8-14-12/h6-7,11-12,14-15H,3-5,8-9H2,1-2H3. The Balaban J connectivity index is 1.76. The van der Waals surface area contributed by atoms with Crippen molar-refractivity contribution in [1.29, 1.82) is 0 Å². The lowest BCUT2D eigenvalue weighted by Crippen LogP contribution is -2.42. The zero-order valence-electron chi connectivity index (χ0n) is 10.3. The molecule has 1 aromatic rings. The minimum absolute atomic E-state index is 0.488. The van der Waals surface area contributed by atoms with Gasteiger partial charge < -0.3 is 10.6 Å². The van der Waals surface area contributed by atoms with E-state index < -0.39 is 0 Å². The molecule has 1 aliphatic rings. The molecule has 2 atom stereocenters. The molecule has 0 radical (unpaired) electrons. The molecule has 0 amide bonds. The van der Waals surface area contributed by atoms with E-state index >= 15 is 0 Å². The summed E-state index contributed by atoms with van der Waals surface area (Å²) in [5, 5.41) is 7.20. The molecule has 90 valence electrons. The van der Waals surface area contributed by atoms with Crippen LogP contribution in [0.25, 0.3) is 0 Å². The third-order valence-corrected chi connectivity index (χ3v) is 4.45. The molecule has 0 saturated carbocycles. The minimum Gasteiger partial charge on any atom is -0.313 e. The van der Waals surface area contributed by atoms with Gasteiger partial charge in [0.1, 0.15) is 0 Å². The van der Waals surface area contributed by atoms with Crippen LogP contribution in [0.4, 0.5) is 0 Å². The van der Waals surface area contributed by atoms with E-state index in [1.54, 1.807) is 0 Å². The van der Waals surface area contributed by atoms with Crippen LogP contribution in [-0.2, 0) is 0 Å². The molecule has 3 heteroatoms. The van der Waals surface area contributed by atoms with Gasteiger partial charge in [0.15, 0.2) is 0 Å². The average molecular weight is 238 g/mol. The van der Waals surface area contributed by atoms with Crippen LogP contribution in [0.3, 0.4) is 0 Å². The first-order valence-electron chi connectivity index (χ1n) is 6.29. The van der Waals surface area contributed by atoms with E-state index in [0.29, 0.717) is 12.1 Å². The van der Waals surface area contributed by atoms with Gasteiger partial charge in [-0.1, -0.05) is 6.42 Å². The molecule has 2 rings (SSSR count). The lowest BCUT2D eigenvalue weighted by molar-refractivity contribution is 0.372. The Morgan fingerprint density at radius 2 is 2.38 bits per heavy atom. The van der Waals surface area contributed by atoms with E-state index in [1.807, 2.05) is 11.3 Å². The zero-order chi connectivity index (χ0) is 11.4. The summed E-state index contributed by atoms with van der Waals surface area (Å²) in [6.07, 6.45) is 4.05. The predicted octanol–water partition coefficient (Wildman–Crippen LogP) is 2.85. The van der Waals surface area contributed by atoms with E-state index in [4.69, 9.17) is 0 Å². The fourth-order valence-electron chi connectivity index (χ4n) is 2.20. The monoisotopic (exact) mass is 238 g/mol. The number of rotatable bonds is 4. The molecule has 16 heavy (non-hydrogen) atoms. The molecule has 0 aromatic carbocycles. The quantitative estimate of drug-likeness (QED) is 0.843. The van der Waals surface area contributed by atoms with Crippen molar-refractivity contribution in [3.63, 3.8) is 0 Å². The molecule has 1 aliphatic heterocycles. The zero-order valence-corrected chi connectivity index (χ0v) is 11.1. The molecule has 0 aliphatic carbocycles. The summed E-state index contributed by atoms with van der Waals surface area (Å²) in [5.41, 5.74) is 0. The van der Waals surface area contributed by atoms with Crippen LogP contribution in [0.15, 0.2) is 12.1 Å². The van der Waals surface area contributed by atoms with Crippen molar-refractivity contribution in [1.82, 2.24) is 10.6 Å². The van der Waals surface area contributed by atoms with Gasteiger partial charge in [-0.25, -0.2) is 0 Å². The Bertz CT molecular complexity index is 315. The van der Waals surface area contributed by atoms with E-state index in [-0.39, 0.29) is 0 Å². The van der Waals surface area contributed by atoms with Crippen LogP contribution in [0.1, 0.15) is 42.0 Å². The molecule has 1 aromatic heterocycles. The lowest BCUT2D eigenvalue weighted by atomic mass is 10.0.